The van der Waals surface area contributed by atoms with Gasteiger partial charge in [-0.2, -0.15) is 0 Å². The summed E-state index contributed by atoms with van der Waals surface area (Å²) in [5.74, 6) is 0.279. The average molecular weight is 369 g/mol. The number of halogens is 2. The van der Waals surface area contributed by atoms with Gasteiger partial charge in [0, 0.05) is 5.56 Å². The van der Waals surface area contributed by atoms with Crippen LogP contribution in [0.15, 0.2) is 40.9 Å². The van der Waals surface area contributed by atoms with Crippen molar-refractivity contribution < 1.29 is 23.4 Å². The predicted octanol–water partition coefficient (Wildman–Crippen LogP) is 3.96. The van der Waals surface area contributed by atoms with E-state index in [0.29, 0.717) is 27.1 Å². The molecular formula is C16H14BrFO4. The molecule has 0 heterocycles. The molecule has 0 aliphatic carbocycles. The molecule has 0 atom stereocenters. The summed E-state index contributed by atoms with van der Waals surface area (Å²) in [6.07, 6.45) is 0. The maximum absolute atomic E-state index is 13.3. The van der Waals surface area contributed by atoms with E-state index in [-0.39, 0.29) is 12.4 Å². The first kappa shape index (κ1) is 16.3. The largest absolute Gasteiger partial charge is 0.496 e. The van der Waals surface area contributed by atoms with Gasteiger partial charge in [0.2, 0.25) is 0 Å². The van der Waals surface area contributed by atoms with Gasteiger partial charge in [-0.15, -0.1) is 0 Å². The summed E-state index contributed by atoms with van der Waals surface area (Å²) in [5.41, 5.74) is 0.997. The van der Waals surface area contributed by atoms with Gasteiger partial charge in [0.25, 0.3) is 0 Å². The number of carbonyl (C=O) groups excluding carboxylic acids is 1. The Morgan fingerprint density at radius 2 is 1.86 bits per heavy atom. The summed E-state index contributed by atoms with van der Waals surface area (Å²) in [7, 11) is 2.83. The van der Waals surface area contributed by atoms with Gasteiger partial charge >= 0.3 is 5.97 Å². The fourth-order valence-electron chi connectivity index (χ4n) is 1.88. The summed E-state index contributed by atoms with van der Waals surface area (Å²) in [5, 5.41) is 0. The first-order valence-electron chi connectivity index (χ1n) is 6.38. The molecule has 0 bridgehead atoms. The highest BCUT2D eigenvalue weighted by Crippen LogP contribution is 2.28. The molecule has 0 saturated heterocycles. The van der Waals surface area contributed by atoms with Crippen LogP contribution in [0.4, 0.5) is 4.39 Å². The molecule has 0 aromatic heterocycles. The van der Waals surface area contributed by atoms with Crippen LogP contribution in [0.1, 0.15) is 15.9 Å². The third kappa shape index (κ3) is 3.76. The average Bonchev–Trinajstić information content (AvgIpc) is 2.53. The van der Waals surface area contributed by atoms with Crippen LogP contribution in [0.5, 0.6) is 11.5 Å². The molecule has 0 aliphatic rings. The highest BCUT2D eigenvalue weighted by molar-refractivity contribution is 9.10. The fourth-order valence-corrected chi connectivity index (χ4v) is 2.37. The molecule has 4 nitrogen and oxygen atoms in total. The van der Waals surface area contributed by atoms with E-state index in [1.54, 1.807) is 24.3 Å². The molecule has 22 heavy (non-hydrogen) atoms. The van der Waals surface area contributed by atoms with Gasteiger partial charge < -0.3 is 14.2 Å². The van der Waals surface area contributed by atoms with Crippen molar-refractivity contribution >= 4 is 21.9 Å². The Morgan fingerprint density at radius 1 is 1.14 bits per heavy atom. The second-order valence-corrected chi connectivity index (χ2v) is 5.24. The van der Waals surface area contributed by atoms with Gasteiger partial charge in [0.1, 0.15) is 23.9 Å². The van der Waals surface area contributed by atoms with E-state index in [9.17, 15) is 9.18 Å². The number of benzene rings is 2. The maximum Gasteiger partial charge on any atom is 0.337 e. The Balaban J connectivity index is 2.15. The highest BCUT2D eigenvalue weighted by atomic mass is 79.9. The lowest BCUT2D eigenvalue weighted by Gasteiger charge is -2.12. The van der Waals surface area contributed by atoms with Crippen molar-refractivity contribution in [2.45, 2.75) is 6.61 Å². The second-order valence-electron chi connectivity index (χ2n) is 4.38. The molecule has 0 N–H and O–H groups in total. The molecule has 0 fully saturated rings. The molecule has 0 spiro atoms. The van der Waals surface area contributed by atoms with Crippen LogP contribution in [0, 0.1) is 5.82 Å². The maximum atomic E-state index is 13.3. The lowest BCUT2D eigenvalue weighted by molar-refractivity contribution is 0.0600. The van der Waals surface area contributed by atoms with Crippen molar-refractivity contribution in [1.29, 1.82) is 0 Å². The number of hydrogen-bond acceptors (Lipinski definition) is 4. The minimum atomic E-state index is -0.431. The number of methoxy groups -OCH3 is 2. The van der Waals surface area contributed by atoms with Crippen molar-refractivity contribution in [2.24, 2.45) is 0 Å². The molecule has 116 valence electrons. The van der Waals surface area contributed by atoms with Crippen LogP contribution in [-0.4, -0.2) is 20.2 Å². The zero-order chi connectivity index (χ0) is 16.1. The van der Waals surface area contributed by atoms with Gasteiger partial charge in [-0.25, -0.2) is 9.18 Å². The molecule has 0 amide bonds. The number of ether oxygens (including phenoxy) is 3. The standard InChI is InChI=1S/C16H14BrFO4/c1-20-14-6-4-12(18)7-11(14)9-22-15-5-3-10(8-13(15)17)16(19)21-2/h3-8H,9H2,1-2H3. The monoisotopic (exact) mass is 368 g/mol. The first-order chi connectivity index (χ1) is 10.5. The molecule has 2 aromatic carbocycles. The van der Waals surface area contributed by atoms with Crippen molar-refractivity contribution in [1.82, 2.24) is 0 Å². The van der Waals surface area contributed by atoms with E-state index in [1.165, 1.54) is 26.4 Å². The highest BCUT2D eigenvalue weighted by Gasteiger charge is 2.11. The van der Waals surface area contributed by atoms with Crippen LogP contribution in [-0.2, 0) is 11.3 Å². The molecule has 0 radical (unpaired) electrons. The molecule has 6 heteroatoms. The number of carbonyl (C=O) groups is 1. The van der Waals surface area contributed by atoms with E-state index < -0.39 is 5.97 Å². The normalized spacial score (nSPS) is 10.2. The topological polar surface area (TPSA) is 44.8 Å². The molecule has 0 aliphatic heterocycles. The number of rotatable bonds is 5. The lowest BCUT2D eigenvalue weighted by atomic mass is 10.2. The molecule has 0 unspecified atom stereocenters. The summed E-state index contributed by atoms with van der Waals surface area (Å²) in [6, 6.07) is 9.06. The molecule has 2 aromatic rings. The minimum absolute atomic E-state index is 0.136. The van der Waals surface area contributed by atoms with E-state index in [4.69, 9.17) is 9.47 Å². The van der Waals surface area contributed by atoms with Crippen molar-refractivity contribution in [2.75, 3.05) is 14.2 Å². The van der Waals surface area contributed by atoms with E-state index in [0.717, 1.165) is 0 Å². The quantitative estimate of drug-likeness (QED) is 0.749. The Kier molecular flexibility index (Phi) is 5.38. The summed E-state index contributed by atoms with van der Waals surface area (Å²) >= 11 is 3.33. The smallest absolute Gasteiger partial charge is 0.337 e. The SMILES string of the molecule is COC(=O)c1ccc(OCc2cc(F)ccc2OC)c(Br)c1. The Bertz CT molecular complexity index is 688. The summed E-state index contributed by atoms with van der Waals surface area (Å²) in [4.78, 5) is 11.4. The number of esters is 1. The molecule has 0 saturated carbocycles. The molecule has 2 rings (SSSR count). The van der Waals surface area contributed by atoms with Crippen molar-refractivity contribution in [3.05, 3.63) is 57.8 Å². The van der Waals surface area contributed by atoms with Crippen LogP contribution in [0.2, 0.25) is 0 Å². The van der Waals surface area contributed by atoms with Gasteiger partial charge in [-0.3, -0.25) is 0 Å². The first-order valence-corrected chi connectivity index (χ1v) is 7.17. The predicted molar refractivity (Wildman–Crippen MR) is 82.8 cm³/mol. The number of hydrogen-bond donors (Lipinski definition) is 0. The lowest BCUT2D eigenvalue weighted by Crippen LogP contribution is -2.03. The second kappa shape index (κ2) is 7.26. The van der Waals surface area contributed by atoms with Gasteiger partial charge in [0.05, 0.1) is 24.3 Å². The van der Waals surface area contributed by atoms with Crippen LogP contribution < -0.4 is 9.47 Å². The van der Waals surface area contributed by atoms with Crippen molar-refractivity contribution in [3.63, 3.8) is 0 Å². The van der Waals surface area contributed by atoms with Gasteiger partial charge in [0.15, 0.2) is 0 Å². The Hall–Kier alpha value is -2.08. The van der Waals surface area contributed by atoms with Crippen molar-refractivity contribution in [3.8, 4) is 11.5 Å². The van der Waals surface area contributed by atoms with E-state index in [1.807, 2.05) is 0 Å². The third-order valence-corrected chi connectivity index (χ3v) is 3.60. The minimum Gasteiger partial charge on any atom is -0.496 e. The zero-order valence-corrected chi connectivity index (χ0v) is 13.6. The fraction of sp³-hybridized carbons (Fsp3) is 0.188. The zero-order valence-electron chi connectivity index (χ0n) is 12.1. The van der Waals surface area contributed by atoms with E-state index in [2.05, 4.69) is 20.7 Å². The Labute approximate surface area is 135 Å². The van der Waals surface area contributed by atoms with Gasteiger partial charge in [-0.05, 0) is 52.3 Å². The van der Waals surface area contributed by atoms with Gasteiger partial charge in [-0.1, -0.05) is 0 Å². The summed E-state index contributed by atoms with van der Waals surface area (Å²) < 4.78 is 29.4. The van der Waals surface area contributed by atoms with Crippen LogP contribution in [0.3, 0.4) is 0 Å². The third-order valence-electron chi connectivity index (χ3n) is 2.98. The van der Waals surface area contributed by atoms with E-state index >= 15 is 0 Å². The van der Waals surface area contributed by atoms with Crippen LogP contribution >= 0.6 is 15.9 Å². The van der Waals surface area contributed by atoms with Crippen LogP contribution in [0.25, 0.3) is 0 Å². The Morgan fingerprint density at radius 3 is 2.50 bits per heavy atom. The summed E-state index contributed by atoms with van der Waals surface area (Å²) in [6.45, 7) is 0.136. The molecular weight excluding hydrogens is 355 g/mol.